The summed E-state index contributed by atoms with van der Waals surface area (Å²) in [6.07, 6.45) is 0.128. The van der Waals surface area contributed by atoms with Gasteiger partial charge in [0, 0.05) is 18.9 Å². The van der Waals surface area contributed by atoms with Crippen molar-refractivity contribution in [3.05, 3.63) is 64.9 Å². The molecule has 3 aromatic rings. The molecule has 0 radical (unpaired) electrons. The van der Waals surface area contributed by atoms with Gasteiger partial charge in [-0.05, 0) is 30.3 Å². The topological polar surface area (TPSA) is 59.2 Å². The Morgan fingerprint density at radius 3 is 2.81 bits per heavy atom. The molecule has 1 unspecified atom stereocenters. The summed E-state index contributed by atoms with van der Waals surface area (Å²) >= 11 is 6.08. The van der Waals surface area contributed by atoms with Crippen LogP contribution in [0.3, 0.4) is 0 Å². The van der Waals surface area contributed by atoms with Crippen molar-refractivity contribution in [1.29, 1.82) is 0 Å². The Balaban J connectivity index is 1.60. The van der Waals surface area contributed by atoms with Crippen molar-refractivity contribution >= 4 is 23.2 Å². The molecule has 1 aliphatic rings. The van der Waals surface area contributed by atoms with Crippen molar-refractivity contribution < 1.29 is 18.1 Å². The number of anilines is 1. The molecular formula is C18H12ClF2N3O2. The lowest BCUT2D eigenvalue weighted by Gasteiger charge is -2.17. The number of hydrogen-bond donors (Lipinski definition) is 0. The van der Waals surface area contributed by atoms with Crippen molar-refractivity contribution in [2.45, 2.75) is 12.3 Å². The van der Waals surface area contributed by atoms with Crippen LogP contribution in [0.5, 0.6) is 0 Å². The molecule has 2 aromatic carbocycles. The average molecular weight is 376 g/mol. The third-order valence-electron chi connectivity index (χ3n) is 4.24. The van der Waals surface area contributed by atoms with Crippen LogP contribution in [0.2, 0.25) is 5.02 Å². The number of benzene rings is 2. The number of rotatable bonds is 3. The first-order valence-corrected chi connectivity index (χ1v) is 8.24. The van der Waals surface area contributed by atoms with Gasteiger partial charge in [0.25, 0.3) is 5.89 Å². The summed E-state index contributed by atoms with van der Waals surface area (Å²) in [5.74, 6) is -1.19. The molecule has 0 spiro atoms. The number of aromatic nitrogens is 2. The highest BCUT2D eigenvalue weighted by molar-refractivity contribution is 6.33. The highest BCUT2D eigenvalue weighted by atomic mass is 35.5. The van der Waals surface area contributed by atoms with Gasteiger partial charge in [-0.15, -0.1) is 0 Å². The van der Waals surface area contributed by atoms with Gasteiger partial charge in [-0.1, -0.05) is 28.9 Å². The second-order valence-corrected chi connectivity index (χ2v) is 6.35. The second-order valence-electron chi connectivity index (χ2n) is 5.94. The van der Waals surface area contributed by atoms with E-state index in [9.17, 15) is 13.6 Å². The van der Waals surface area contributed by atoms with E-state index in [4.69, 9.17) is 16.1 Å². The summed E-state index contributed by atoms with van der Waals surface area (Å²) < 4.78 is 32.5. The minimum absolute atomic E-state index is 0.0489. The first kappa shape index (κ1) is 16.7. The lowest BCUT2D eigenvalue weighted by molar-refractivity contribution is -0.117. The summed E-state index contributed by atoms with van der Waals surface area (Å²) in [5.41, 5.74) is 0.498. The summed E-state index contributed by atoms with van der Waals surface area (Å²) in [6, 6.07) is 9.89. The van der Waals surface area contributed by atoms with Crippen LogP contribution >= 0.6 is 11.6 Å². The highest BCUT2D eigenvalue weighted by Gasteiger charge is 2.35. The Bertz CT molecular complexity index is 992. The number of carbonyl (C=O) groups excluding carboxylic acids is 1. The Morgan fingerprint density at radius 1 is 1.19 bits per heavy atom. The summed E-state index contributed by atoms with van der Waals surface area (Å²) in [5, 5.41) is 4.16. The molecule has 0 aliphatic carbocycles. The number of amides is 1. The van der Waals surface area contributed by atoms with Crippen LogP contribution in [0.4, 0.5) is 14.5 Å². The summed E-state index contributed by atoms with van der Waals surface area (Å²) in [6.45, 7) is 0.234. The van der Waals surface area contributed by atoms with Gasteiger partial charge in [0.15, 0.2) is 5.82 Å². The Hall–Kier alpha value is -2.80. The molecule has 0 N–H and O–H groups in total. The van der Waals surface area contributed by atoms with Gasteiger partial charge in [-0.3, -0.25) is 4.79 Å². The second kappa shape index (κ2) is 6.49. The number of carbonyl (C=O) groups is 1. The summed E-state index contributed by atoms with van der Waals surface area (Å²) in [4.78, 5) is 18.0. The Morgan fingerprint density at radius 2 is 2.00 bits per heavy atom. The molecule has 2 heterocycles. The van der Waals surface area contributed by atoms with Gasteiger partial charge < -0.3 is 9.42 Å². The van der Waals surface area contributed by atoms with Crippen molar-refractivity contribution in [3.63, 3.8) is 0 Å². The van der Waals surface area contributed by atoms with Crippen LogP contribution in [0, 0.1) is 11.6 Å². The van der Waals surface area contributed by atoms with E-state index in [1.165, 1.54) is 35.2 Å². The molecule has 1 saturated heterocycles. The molecule has 1 aromatic heterocycles. The fraction of sp³-hybridized carbons (Fsp3) is 0.167. The molecule has 4 rings (SSSR count). The van der Waals surface area contributed by atoms with E-state index < -0.39 is 11.6 Å². The van der Waals surface area contributed by atoms with Crippen LogP contribution in [0.15, 0.2) is 47.0 Å². The molecule has 1 amide bonds. The van der Waals surface area contributed by atoms with Crippen molar-refractivity contribution in [1.82, 2.24) is 10.1 Å². The zero-order valence-corrected chi connectivity index (χ0v) is 14.1. The van der Waals surface area contributed by atoms with Crippen LogP contribution in [0.25, 0.3) is 11.5 Å². The molecule has 8 heteroatoms. The molecular weight excluding hydrogens is 364 g/mol. The molecule has 1 fully saturated rings. The third-order valence-corrected chi connectivity index (χ3v) is 4.55. The molecule has 132 valence electrons. The zero-order chi connectivity index (χ0) is 18.3. The SMILES string of the molecule is O=C1CC(c2noc(-c3ccccc3F)n2)CN1c1cc(F)ccc1Cl. The van der Waals surface area contributed by atoms with Gasteiger partial charge >= 0.3 is 0 Å². The number of hydrogen-bond acceptors (Lipinski definition) is 4. The van der Waals surface area contributed by atoms with E-state index in [1.807, 2.05) is 0 Å². The van der Waals surface area contributed by atoms with Crippen LogP contribution in [-0.2, 0) is 4.79 Å². The van der Waals surface area contributed by atoms with E-state index in [-0.39, 0.29) is 41.3 Å². The van der Waals surface area contributed by atoms with Gasteiger partial charge in [-0.25, -0.2) is 8.78 Å². The van der Waals surface area contributed by atoms with Crippen LogP contribution in [0.1, 0.15) is 18.2 Å². The van der Waals surface area contributed by atoms with Gasteiger partial charge in [0.1, 0.15) is 11.6 Å². The van der Waals surface area contributed by atoms with Crippen molar-refractivity contribution in [3.8, 4) is 11.5 Å². The van der Waals surface area contributed by atoms with E-state index in [0.29, 0.717) is 11.5 Å². The zero-order valence-electron chi connectivity index (χ0n) is 13.3. The Kier molecular flexibility index (Phi) is 4.16. The molecule has 26 heavy (non-hydrogen) atoms. The fourth-order valence-corrected chi connectivity index (χ4v) is 3.17. The van der Waals surface area contributed by atoms with Gasteiger partial charge in [0.2, 0.25) is 5.91 Å². The lowest BCUT2D eigenvalue weighted by atomic mass is 10.1. The maximum Gasteiger partial charge on any atom is 0.260 e. The van der Waals surface area contributed by atoms with Crippen LogP contribution < -0.4 is 4.90 Å². The third kappa shape index (κ3) is 2.94. The lowest BCUT2D eigenvalue weighted by Crippen LogP contribution is -2.24. The predicted molar refractivity (Wildman–Crippen MR) is 90.8 cm³/mol. The van der Waals surface area contributed by atoms with Crippen LogP contribution in [-0.4, -0.2) is 22.6 Å². The minimum atomic E-state index is -0.484. The normalized spacial score (nSPS) is 17.1. The maximum atomic E-state index is 13.8. The summed E-state index contributed by atoms with van der Waals surface area (Å²) in [7, 11) is 0. The molecule has 0 saturated carbocycles. The van der Waals surface area contributed by atoms with Crippen molar-refractivity contribution in [2.75, 3.05) is 11.4 Å². The first-order chi connectivity index (χ1) is 12.5. The standard InChI is InChI=1S/C18H12ClF2N3O2/c19-13-6-5-11(20)8-15(13)24-9-10(7-16(24)25)17-22-18(26-23-17)12-3-1-2-4-14(12)21/h1-6,8,10H,7,9H2. The average Bonchev–Trinajstić information content (AvgIpc) is 3.24. The van der Waals surface area contributed by atoms with E-state index in [2.05, 4.69) is 10.1 Å². The first-order valence-electron chi connectivity index (χ1n) is 7.87. The highest BCUT2D eigenvalue weighted by Crippen LogP contribution is 2.35. The maximum absolute atomic E-state index is 13.8. The Labute approximate surface area is 152 Å². The van der Waals surface area contributed by atoms with E-state index in [0.717, 1.165) is 0 Å². The minimum Gasteiger partial charge on any atom is -0.334 e. The molecule has 0 bridgehead atoms. The predicted octanol–water partition coefficient (Wildman–Crippen LogP) is 4.19. The quantitative estimate of drug-likeness (QED) is 0.688. The van der Waals surface area contributed by atoms with Gasteiger partial charge in [-0.2, -0.15) is 4.98 Å². The fourth-order valence-electron chi connectivity index (χ4n) is 2.95. The smallest absolute Gasteiger partial charge is 0.260 e. The van der Waals surface area contributed by atoms with E-state index >= 15 is 0 Å². The molecule has 1 atom stereocenters. The number of nitrogens with zero attached hydrogens (tertiary/aromatic N) is 3. The largest absolute Gasteiger partial charge is 0.334 e. The van der Waals surface area contributed by atoms with E-state index in [1.54, 1.807) is 12.1 Å². The molecule has 5 nitrogen and oxygen atoms in total. The van der Waals surface area contributed by atoms with Crippen molar-refractivity contribution in [2.24, 2.45) is 0 Å². The monoisotopic (exact) mass is 375 g/mol. The van der Waals surface area contributed by atoms with Gasteiger partial charge in [0.05, 0.1) is 16.3 Å². The number of halogens is 3. The molecule has 1 aliphatic heterocycles.